The maximum absolute atomic E-state index is 15.3. The highest BCUT2D eigenvalue weighted by Gasteiger charge is 2.35. The van der Waals surface area contributed by atoms with Gasteiger partial charge in [0.1, 0.15) is 11.9 Å². The van der Waals surface area contributed by atoms with E-state index in [9.17, 15) is 14.4 Å². The second-order valence-corrected chi connectivity index (χ2v) is 9.88. The van der Waals surface area contributed by atoms with Crippen LogP contribution in [-0.4, -0.2) is 67.2 Å². The Morgan fingerprint density at radius 3 is 2.53 bits per heavy atom. The number of nitrogens with one attached hydrogen (secondary N) is 1. The molecule has 2 aliphatic heterocycles. The largest absolute Gasteiger partial charge is 0.442 e. The number of amides is 3. The fourth-order valence-corrected chi connectivity index (χ4v) is 5.34. The van der Waals surface area contributed by atoms with Crippen molar-refractivity contribution in [3.05, 3.63) is 46.4 Å². The number of hydrogen-bond donors (Lipinski definition) is 1. The van der Waals surface area contributed by atoms with Crippen LogP contribution >= 0.6 is 11.3 Å². The summed E-state index contributed by atoms with van der Waals surface area (Å²) < 4.78 is 20.5. The highest BCUT2D eigenvalue weighted by atomic mass is 32.1. The minimum atomic E-state index is -0.567. The smallest absolute Gasteiger partial charge is 0.414 e. The summed E-state index contributed by atoms with van der Waals surface area (Å²) in [6.07, 6.45) is -0.671. The molecule has 2 saturated heterocycles. The number of cyclic esters (lactones) is 1. The Balaban J connectivity index is 1.43. The first kappa shape index (κ1) is 24.0. The Kier molecular flexibility index (Phi) is 7.06. The van der Waals surface area contributed by atoms with Crippen LogP contribution in [0.3, 0.4) is 0 Å². The molecule has 3 amide bonds. The van der Waals surface area contributed by atoms with Crippen LogP contribution in [-0.2, 0) is 20.7 Å². The summed E-state index contributed by atoms with van der Waals surface area (Å²) in [6.45, 7) is 6.83. The third-order valence-corrected chi connectivity index (χ3v) is 7.03. The monoisotopic (exact) mass is 488 g/mol. The normalized spacial score (nSPS) is 22.6. The summed E-state index contributed by atoms with van der Waals surface area (Å²) in [5, 5.41) is 4.59. The topological polar surface area (TPSA) is 82.2 Å². The molecule has 2 fully saturated rings. The van der Waals surface area contributed by atoms with E-state index in [2.05, 4.69) is 5.32 Å². The quantitative estimate of drug-likeness (QED) is 0.676. The molecule has 182 valence electrons. The van der Waals surface area contributed by atoms with Gasteiger partial charge in [-0.1, -0.05) is 6.07 Å². The first-order chi connectivity index (χ1) is 16.2. The molecule has 2 unspecified atom stereocenters. The van der Waals surface area contributed by atoms with E-state index in [4.69, 9.17) is 4.74 Å². The number of carbonyl (C=O) groups excluding carboxylic acids is 3. The lowest BCUT2D eigenvalue weighted by molar-refractivity contribution is -0.131. The van der Waals surface area contributed by atoms with Crippen LogP contribution in [0.25, 0.3) is 0 Å². The lowest BCUT2D eigenvalue weighted by Crippen LogP contribution is -2.58. The first-order valence-corrected chi connectivity index (χ1v) is 12.2. The van der Waals surface area contributed by atoms with Gasteiger partial charge in [-0.05, 0) is 43.5 Å². The Hall–Kier alpha value is -3.14. The van der Waals surface area contributed by atoms with Crippen LogP contribution in [0.1, 0.15) is 25.6 Å². The Morgan fingerprint density at radius 2 is 1.91 bits per heavy atom. The minimum Gasteiger partial charge on any atom is -0.442 e. The van der Waals surface area contributed by atoms with Gasteiger partial charge < -0.3 is 19.9 Å². The molecule has 0 radical (unpaired) electrons. The summed E-state index contributed by atoms with van der Waals surface area (Å²) >= 11 is 1.57. The number of carbonyl (C=O) groups is 3. The van der Waals surface area contributed by atoms with Crippen molar-refractivity contribution in [2.24, 2.45) is 0 Å². The van der Waals surface area contributed by atoms with Crippen LogP contribution in [0, 0.1) is 5.82 Å². The lowest BCUT2D eigenvalue weighted by atomic mass is 10.0. The summed E-state index contributed by atoms with van der Waals surface area (Å²) in [6, 6.07) is 8.47. The van der Waals surface area contributed by atoms with Crippen LogP contribution < -0.4 is 15.1 Å². The summed E-state index contributed by atoms with van der Waals surface area (Å²) in [5.41, 5.74) is 0.845. The highest BCUT2D eigenvalue weighted by Crippen LogP contribution is 2.32. The molecule has 2 aromatic rings. The molecule has 10 heteroatoms. The van der Waals surface area contributed by atoms with E-state index in [1.54, 1.807) is 23.5 Å². The maximum Gasteiger partial charge on any atom is 0.414 e. The van der Waals surface area contributed by atoms with Gasteiger partial charge in [0.2, 0.25) is 11.8 Å². The fraction of sp³-hybridized carbons (Fsp3) is 0.458. The van der Waals surface area contributed by atoms with Gasteiger partial charge in [0.25, 0.3) is 0 Å². The molecule has 0 saturated carbocycles. The molecular weight excluding hydrogens is 459 g/mol. The van der Waals surface area contributed by atoms with Gasteiger partial charge in [0.15, 0.2) is 0 Å². The van der Waals surface area contributed by atoms with Crippen LogP contribution in [0.2, 0.25) is 0 Å². The molecule has 0 aliphatic carbocycles. The zero-order valence-electron chi connectivity index (χ0n) is 19.5. The Labute approximate surface area is 202 Å². The van der Waals surface area contributed by atoms with Gasteiger partial charge in [-0.3, -0.25) is 14.5 Å². The molecule has 34 heavy (non-hydrogen) atoms. The second-order valence-electron chi connectivity index (χ2n) is 8.85. The molecule has 1 N–H and O–H groups in total. The van der Waals surface area contributed by atoms with Gasteiger partial charge in [0, 0.05) is 37.0 Å². The first-order valence-electron chi connectivity index (χ1n) is 11.3. The van der Waals surface area contributed by atoms with Crippen molar-refractivity contribution in [3.8, 4) is 0 Å². The molecule has 8 nitrogen and oxygen atoms in total. The Bertz CT molecular complexity index is 1050. The minimum absolute atomic E-state index is 0.0739. The van der Waals surface area contributed by atoms with Crippen molar-refractivity contribution in [3.63, 3.8) is 0 Å². The van der Waals surface area contributed by atoms with Crippen molar-refractivity contribution in [2.45, 2.75) is 45.4 Å². The van der Waals surface area contributed by atoms with Crippen molar-refractivity contribution in [1.29, 1.82) is 0 Å². The number of nitrogens with zero attached hydrogens (tertiary/aromatic N) is 3. The molecule has 1 aromatic heterocycles. The van der Waals surface area contributed by atoms with E-state index >= 15 is 4.39 Å². The van der Waals surface area contributed by atoms with E-state index in [1.165, 1.54) is 17.9 Å². The van der Waals surface area contributed by atoms with Crippen LogP contribution in [0.15, 0.2) is 35.7 Å². The SMILES string of the molecule is CC(=O)NC[C@H]1CN(c2ccc(N3C(C)CN(C(=O)Cc4cccs4)CC3C)c(F)c2)C(=O)O1. The predicted octanol–water partition coefficient (Wildman–Crippen LogP) is 3.02. The van der Waals surface area contributed by atoms with Crippen molar-refractivity contribution in [2.75, 3.05) is 36.0 Å². The number of piperazine rings is 1. The molecule has 3 heterocycles. The summed E-state index contributed by atoms with van der Waals surface area (Å²) in [7, 11) is 0. The van der Waals surface area contributed by atoms with Gasteiger partial charge in [-0.25, -0.2) is 9.18 Å². The van der Waals surface area contributed by atoms with Crippen molar-refractivity contribution < 1.29 is 23.5 Å². The van der Waals surface area contributed by atoms with Crippen LogP contribution in [0.5, 0.6) is 0 Å². The second kappa shape index (κ2) is 10.0. The number of anilines is 2. The number of ether oxygens (including phenoxy) is 1. The molecule has 0 bridgehead atoms. The van der Waals surface area contributed by atoms with Gasteiger partial charge in [0.05, 0.1) is 30.9 Å². The number of thiophene rings is 1. The zero-order chi connectivity index (χ0) is 24.4. The molecule has 0 spiro atoms. The van der Waals surface area contributed by atoms with E-state index in [-0.39, 0.29) is 37.0 Å². The van der Waals surface area contributed by atoms with E-state index in [1.807, 2.05) is 41.2 Å². The predicted molar refractivity (Wildman–Crippen MR) is 129 cm³/mol. The third-order valence-electron chi connectivity index (χ3n) is 6.15. The molecule has 2 aliphatic rings. The maximum atomic E-state index is 15.3. The van der Waals surface area contributed by atoms with Crippen molar-refractivity contribution in [1.82, 2.24) is 10.2 Å². The summed E-state index contributed by atoms with van der Waals surface area (Å²) in [4.78, 5) is 42.4. The van der Waals surface area contributed by atoms with E-state index in [0.29, 0.717) is 30.9 Å². The van der Waals surface area contributed by atoms with Crippen LogP contribution in [0.4, 0.5) is 20.6 Å². The highest BCUT2D eigenvalue weighted by molar-refractivity contribution is 7.10. The standard InChI is InChI=1S/C24H29FN4O4S/c1-15-12-27(23(31)10-20-5-4-8-34-20)13-16(2)29(15)22-7-6-18(9-21(22)25)28-14-19(33-24(28)32)11-26-17(3)30/h4-9,15-16,19H,10-14H2,1-3H3,(H,26,30)/t15?,16?,19-/m0/s1. The average molecular weight is 489 g/mol. The number of halogens is 1. The molecule has 1 aromatic carbocycles. The molecule has 3 atom stereocenters. The lowest BCUT2D eigenvalue weighted by Gasteiger charge is -2.46. The van der Waals surface area contributed by atoms with E-state index < -0.39 is 18.0 Å². The number of hydrogen-bond acceptors (Lipinski definition) is 6. The number of rotatable bonds is 6. The third kappa shape index (κ3) is 5.16. The fourth-order valence-electron chi connectivity index (χ4n) is 4.64. The van der Waals surface area contributed by atoms with Gasteiger partial charge in [-0.15, -0.1) is 11.3 Å². The molecule has 4 rings (SSSR count). The van der Waals surface area contributed by atoms with E-state index in [0.717, 1.165) is 4.88 Å². The summed E-state index contributed by atoms with van der Waals surface area (Å²) in [5.74, 6) is -0.563. The molecular formula is C24H29FN4O4S. The Morgan fingerprint density at radius 1 is 1.18 bits per heavy atom. The van der Waals surface area contributed by atoms with Gasteiger partial charge in [-0.2, -0.15) is 0 Å². The van der Waals surface area contributed by atoms with Gasteiger partial charge >= 0.3 is 6.09 Å². The number of benzene rings is 1. The zero-order valence-corrected chi connectivity index (χ0v) is 20.3. The van der Waals surface area contributed by atoms with Crippen molar-refractivity contribution >= 4 is 40.6 Å². The average Bonchev–Trinajstić information content (AvgIpc) is 3.42.